The fourth-order valence-corrected chi connectivity index (χ4v) is 5.49. The molecular weight excluding hydrogens is 370 g/mol. The van der Waals surface area contributed by atoms with Crippen molar-refractivity contribution < 1.29 is 14.3 Å². The van der Waals surface area contributed by atoms with Gasteiger partial charge in [0, 0.05) is 75.6 Å². The second kappa shape index (κ2) is 8.20. The molecule has 2 atom stereocenters. The molecule has 7 nitrogen and oxygen atoms in total. The van der Waals surface area contributed by atoms with E-state index in [1.165, 1.54) is 0 Å². The van der Waals surface area contributed by atoms with Gasteiger partial charge in [0.1, 0.15) is 0 Å². The number of aromatic nitrogens is 1. The second-order valence-electron chi connectivity index (χ2n) is 9.02. The molecule has 4 aliphatic rings. The SMILES string of the molecule is O=C(C1CCOCC1)N1C[C@@H]2C[C@H](C1)c1ccc(CN3CCOCC3)c(=O)n1C2. The maximum Gasteiger partial charge on any atom is 0.255 e. The van der Waals surface area contributed by atoms with Crippen LogP contribution in [-0.2, 0) is 27.4 Å². The van der Waals surface area contributed by atoms with Crippen LogP contribution >= 0.6 is 0 Å². The minimum Gasteiger partial charge on any atom is -0.381 e. The minimum absolute atomic E-state index is 0.112. The lowest BCUT2D eigenvalue weighted by molar-refractivity contribution is -0.141. The molecule has 0 radical (unpaired) electrons. The monoisotopic (exact) mass is 401 g/mol. The zero-order valence-corrected chi connectivity index (χ0v) is 17.1. The fraction of sp³-hybridized carbons (Fsp3) is 0.727. The molecule has 158 valence electrons. The van der Waals surface area contributed by atoms with E-state index in [-0.39, 0.29) is 17.4 Å². The molecule has 1 amide bonds. The van der Waals surface area contributed by atoms with Gasteiger partial charge in [-0.3, -0.25) is 14.5 Å². The van der Waals surface area contributed by atoms with Gasteiger partial charge in [0.2, 0.25) is 5.91 Å². The molecule has 0 aromatic carbocycles. The van der Waals surface area contributed by atoms with Gasteiger partial charge in [-0.2, -0.15) is 0 Å². The van der Waals surface area contributed by atoms with Crippen molar-refractivity contribution in [2.24, 2.45) is 11.8 Å². The molecule has 29 heavy (non-hydrogen) atoms. The van der Waals surface area contributed by atoms with Crippen LogP contribution in [0.1, 0.15) is 36.4 Å². The van der Waals surface area contributed by atoms with Crippen molar-refractivity contribution in [2.45, 2.75) is 38.3 Å². The summed E-state index contributed by atoms with van der Waals surface area (Å²) in [4.78, 5) is 30.6. The maximum absolute atomic E-state index is 13.2. The highest BCUT2D eigenvalue weighted by molar-refractivity contribution is 5.79. The first-order valence-corrected chi connectivity index (χ1v) is 11.1. The zero-order valence-electron chi connectivity index (χ0n) is 17.1. The third kappa shape index (κ3) is 3.88. The van der Waals surface area contributed by atoms with Gasteiger partial charge in [-0.25, -0.2) is 0 Å². The first-order valence-electron chi connectivity index (χ1n) is 11.1. The van der Waals surface area contributed by atoms with Gasteiger partial charge < -0.3 is 18.9 Å². The normalized spacial score (nSPS) is 28.2. The number of carbonyl (C=O) groups excluding carboxylic acids is 1. The molecule has 5 rings (SSSR count). The number of pyridine rings is 1. The Bertz CT molecular complexity index is 811. The Balaban J connectivity index is 1.33. The summed E-state index contributed by atoms with van der Waals surface area (Å²) in [6.07, 6.45) is 2.76. The number of fused-ring (bicyclic) bond motifs is 4. The predicted octanol–water partition coefficient (Wildman–Crippen LogP) is 1.05. The van der Waals surface area contributed by atoms with Crippen LogP contribution in [0.5, 0.6) is 0 Å². The molecule has 3 saturated heterocycles. The third-order valence-corrected chi connectivity index (χ3v) is 7.06. The van der Waals surface area contributed by atoms with Crippen LogP contribution < -0.4 is 5.56 Å². The van der Waals surface area contributed by atoms with Gasteiger partial charge in [-0.05, 0) is 31.2 Å². The number of hydrogen-bond acceptors (Lipinski definition) is 5. The molecule has 1 aromatic rings. The summed E-state index contributed by atoms with van der Waals surface area (Å²) in [6, 6.07) is 4.16. The molecule has 4 aliphatic heterocycles. The summed E-state index contributed by atoms with van der Waals surface area (Å²) in [5.41, 5.74) is 2.15. The van der Waals surface area contributed by atoms with E-state index >= 15 is 0 Å². The van der Waals surface area contributed by atoms with Gasteiger partial charge in [-0.1, -0.05) is 6.07 Å². The fourth-order valence-electron chi connectivity index (χ4n) is 5.49. The summed E-state index contributed by atoms with van der Waals surface area (Å²) in [5, 5.41) is 0. The summed E-state index contributed by atoms with van der Waals surface area (Å²) < 4.78 is 12.8. The Morgan fingerprint density at radius 1 is 1.00 bits per heavy atom. The highest BCUT2D eigenvalue weighted by Gasteiger charge is 2.38. The first kappa shape index (κ1) is 19.3. The lowest BCUT2D eigenvalue weighted by Gasteiger charge is -2.44. The summed E-state index contributed by atoms with van der Waals surface area (Å²) in [5.74, 6) is 1.06. The van der Waals surface area contributed by atoms with Crippen LogP contribution in [0.3, 0.4) is 0 Å². The Morgan fingerprint density at radius 2 is 1.76 bits per heavy atom. The van der Waals surface area contributed by atoms with Crippen molar-refractivity contribution in [3.63, 3.8) is 0 Å². The molecular formula is C22H31N3O4. The molecule has 0 saturated carbocycles. The number of morpholine rings is 1. The number of ether oxygens (including phenoxy) is 2. The molecule has 5 heterocycles. The van der Waals surface area contributed by atoms with Crippen molar-refractivity contribution in [1.82, 2.24) is 14.4 Å². The van der Waals surface area contributed by atoms with Crippen molar-refractivity contribution >= 4 is 5.91 Å². The van der Waals surface area contributed by atoms with E-state index in [4.69, 9.17) is 9.47 Å². The van der Waals surface area contributed by atoms with E-state index in [1.807, 2.05) is 10.6 Å². The molecule has 0 N–H and O–H groups in total. The summed E-state index contributed by atoms with van der Waals surface area (Å²) in [6.45, 7) is 7.61. The Hall–Kier alpha value is -1.70. The number of carbonyl (C=O) groups is 1. The number of hydrogen-bond donors (Lipinski definition) is 0. The predicted molar refractivity (Wildman–Crippen MR) is 108 cm³/mol. The minimum atomic E-state index is 0.112. The molecule has 1 aromatic heterocycles. The Morgan fingerprint density at radius 3 is 2.55 bits per heavy atom. The average Bonchev–Trinajstić information content (AvgIpc) is 2.77. The van der Waals surface area contributed by atoms with Crippen molar-refractivity contribution in [2.75, 3.05) is 52.6 Å². The number of likely N-dealkylation sites (tertiary alicyclic amines) is 1. The lowest BCUT2D eigenvalue weighted by atomic mass is 9.82. The zero-order chi connectivity index (χ0) is 19.8. The van der Waals surface area contributed by atoms with Gasteiger partial charge in [0.15, 0.2) is 0 Å². The topological polar surface area (TPSA) is 64.0 Å². The number of amides is 1. The quantitative estimate of drug-likeness (QED) is 0.758. The number of nitrogens with zero attached hydrogens (tertiary/aromatic N) is 3. The molecule has 7 heteroatoms. The molecule has 2 bridgehead atoms. The van der Waals surface area contributed by atoms with Gasteiger partial charge in [0.25, 0.3) is 5.56 Å². The summed E-state index contributed by atoms with van der Waals surface area (Å²) >= 11 is 0. The van der Waals surface area contributed by atoms with Crippen LogP contribution in [-0.4, -0.2) is 72.9 Å². The highest BCUT2D eigenvalue weighted by atomic mass is 16.5. The second-order valence-corrected chi connectivity index (χ2v) is 9.02. The summed E-state index contributed by atoms with van der Waals surface area (Å²) in [7, 11) is 0. The number of piperidine rings is 1. The van der Waals surface area contributed by atoms with E-state index in [9.17, 15) is 9.59 Å². The van der Waals surface area contributed by atoms with E-state index in [1.54, 1.807) is 0 Å². The van der Waals surface area contributed by atoms with E-state index in [0.717, 1.165) is 76.5 Å². The van der Waals surface area contributed by atoms with E-state index in [2.05, 4.69) is 15.9 Å². The van der Waals surface area contributed by atoms with Gasteiger partial charge >= 0.3 is 0 Å². The van der Waals surface area contributed by atoms with Crippen molar-refractivity contribution in [3.8, 4) is 0 Å². The van der Waals surface area contributed by atoms with Crippen molar-refractivity contribution in [1.29, 1.82) is 0 Å². The van der Waals surface area contributed by atoms with E-state index in [0.29, 0.717) is 31.6 Å². The Kier molecular flexibility index (Phi) is 5.45. The average molecular weight is 402 g/mol. The van der Waals surface area contributed by atoms with Gasteiger partial charge in [-0.15, -0.1) is 0 Å². The Labute approximate surface area is 171 Å². The smallest absolute Gasteiger partial charge is 0.255 e. The maximum atomic E-state index is 13.2. The van der Waals surface area contributed by atoms with E-state index < -0.39 is 0 Å². The molecule has 0 aliphatic carbocycles. The van der Waals surface area contributed by atoms with Crippen LogP contribution in [0, 0.1) is 11.8 Å². The standard InChI is InChI=1S/C22H31N3O4/c26-21(17-3-7-28-8-4-17)24-12-16-11-19(15-24)20-2-1-18(22(27)25(20)13-16)14-23-5-9-29-10-6-23/h1-2,16-17,19H,3-15H2/t16-,19+/m0/s1. The highest BCUT2D eigenvalue weighted by Crippen LogP contribution is 2.36. The largest absolute Gasteiger partial charge is 0.381 e. The lowest BCUT2D eigenvalue weighted by Crippen LogP contribution is -2.51. The number of rotatable bonds is 3. The molecule has 3 fully saturated rings. The van der Waals surface area contributed by atoms with Crippen LogP contribution in [0.2, 0.25) is 0 Å². The third-order valence-electron chi connectivity index (χ3n) is 7.06. The molecule has 0 unspecified atom stereocenters. The first-order chi connectivity index (χ1) is 14.2. The van der Waals surface area contributed by atoms with Crippen molar-refractivity contribution in [3.05, 3.63) is 33.7 Å². The van der Waals surface area contributed by atoms with Crippen LogP contribution in [0.4, 0.5) is 0 Å². The van der Waals surface area contributed by atoms with Crippen LogP contribution in [0.15, 0.2) is 16.9 Å². The van der Waals surface area contributed by atoms with Gasteiger partial charge in [0.05, 0.1) is 13.2 Å². The van der Waals surface area contributed by atoms with Crippen LogP contribution in [0.25, 0.3) is 0 Å². The molecule has 0 spiro atoms.